The predicted molar refractivity (Wildman–Crippen MR) is 89.6 cm³/mol. The number of amides is 1. The average Bonchev–Trinajstić information content (AvgIpc) is 3.37. The minimum atomic E-state index is -0.0589. The molecule has 0 spiro atoms. The number of hydrogen-bond acceptors (Lipinski definition) is 6. The molecule has 0 unspecified atom stereocenters. The molecule has 2 aromatic rings. The summed E-state index contributed by atoms with van der Waals surface area (Å²) in [5.74, 6) is 2.23. The Bertz CT molecular complexity index is 700. The van der Waals surface area contributed by atoms with Gasteiger partial charge in [0.1, 0.15) is 0 Å². The van der Waals surface area contributed by atoms with Crippen molar-refractivity contribution in [3.63, 3.8) is 0 Å². The van der Waals surface area contributed by atoms with Crippen molar-refractivity contribution in [2.45, 2.75) is 25.2 Å². The predicted octanol–water partition coefficient (Wildman–Crippen LogP) is 2.69. The minimum absolute atomic E-state index is 0.0474. The van der Waals surface area contributed by atoms with Crippen LogP contribution in [0.5, 0.6) is 0 Å². The number of ether oxygens (including phenoxy) is 1. The Balaban J connectivity index is 1.55. The number of carbonyl (C=O) groups excluding carboxylic acids is 1. The third kappa shape index (κ3) is 2.75. The van der Waals surface area contributed by atoms with Gasteiger partial charge in [-0.2, -0.15) is 16.3 Å². The monoisotopic (exact) mass is 347 g/mol. The van der Waals surface area contributed by atoms with E-state index in [1.54, 1.807) is 18.4 Å². The van der Waals surface area contributed by atoms with Crippen molar-refractivity contribution in [1.29, 1.82) is 0 Å². The second kappa shape index (κ2) is 6.64. The minimum Gasteiger partial charge on any atom is -0.383 e. The first-order valence-electron chi connectivity index (χ1n) is 8.40. The number of thiophene rings is 1. The first-order chi connectivity index (χ1) is 11.8. The number of aromatic nitrogens is 2. The summed E-state index contributed by atoms with van der Waals surface area (Å²) >= 11 is 1.61. The summed E-state index contributed by atoms with van der Waals surface area (Å²) in [6.07, 6.45) is 3.35. The van der Waals surface area contributed by atoms with Crippen molar-refractivity contribution < 1.29 is 14.1 Å². The van der Waals surface area contributed by atoms with E-state index in [2.05, 4.69) is 15.5 Å². The second-order valence-electron chi connectivity index (χ2n) is 6.64. The molecule has 0 radical (unpaired) electrons. The molecule has 7 heteroatoms. The number of nitrogens with one attached hydrogen (secondary N) is 1. The van der Waals surface area contributed by atoms with E-state index in [0.717, 1.165) is 24.8 Å². The summed E-state index contributed by atoms with van der Waals surface area (Å²) in [4.78, 5) is 17.3. The zero-order chi connectivity index (χ0) is 16.5. The zero-order valence-electron chi connectivity index (χ0n) is 13.6. The fourth-order valence-corrected chi connectivity index (χ4v) is 4.93. The number of carbonyl (C=O) groups is 1. The maximum absolute atomic E-state index is 12.7. The molecule has 1 amide bonds. The van der Waals surface area contributed by atoms with E-state index in [0.29, 0.717) is 36.7 Å². The molecular weight excluding hydrogens is 326 g/mol. The first-order valence-corrected chi connectivity index (χ1v) is 9.35. The highest BCUT2D eigenvalue weighted by molar-refractivity contribution is 7.08. The molecule has 6 nitrogen and oxygen atoms in total. The molecule has 2 aliphatic rings. The Hall–Kier alpha value is -1.73. The van der Waals surface area contributed by atoms with Crippen molar-refractivity contribution in [3.8, 4) is 11.4 Å². The molecule has 4 atom stereocenters. The lowest BCUT2D eigenvalue weighted by molar-refractivity contribution is -0.127. The molecule has 128 valence electrons. The Morgan fingerprint density at radius 2 is 2.33 bits per heavy atom. The van der Waals surface area contributed by atoms with Gasteiger partial charge >= 0.3 is 0 Å². The number of nitrogens with zero attached hydrogens (tertiary/aromatic N) is 2. The SMILES string of the molecule is COCCNC(=O)[C@H]1[C@H]2CC[C@H](C2)[C@@H]1c1nc(-c2ccsc2)no1. The average molecular weight is 347 g/mol. The molecule has 2 heterocycles. The van der Waals surface area contributed by atoms with Gasteiger partial charge in [0, 0.05) is 24.6 Å². The lowest BCUT2D eigenvalue weighted by atomic mass is 9.78. The van der Waals surface area contributed by atoms with Crippen molar-refractivity contribution in [3.05, 3.63) is 22.7 Å². The van der Waals surface area contributed by atoms with Crippen LogP contribution in [-0.2, 0) is 9.53 Å². The van der Waals surface area contributed by atoms with E-state index in [9.17, 15) is 4.79 Å². The van der Waals surface area contributed by atoms with Crippen LogP contribution in [0.3, 0.4) is 0 Å². The Morgan fingerprint density at radius 1 is 1.46 bits per heavy atom. The van der Waals surface area contributed by atoms with Gasteiger partial charge in [0.05, 0.1) is 18.4 Å². The Morgan fingerprint density at radius 3 is 3.12 bits per heavy atom. The number of fused-ring (bicyclic) bond motifs is 2. The summed E-state index contributed by atoms with van der Waals surface area (Å²) in [5.41, 5.74) is 0.972. The van der Waals surface area contributed by atoms with Gasteiger partial charge < -0.3 is 14.6 Å². The van der Waals surface area contributed by atoms with Gasteiger partial charge in [-0.15, -0.1) is 0 Å². The molecule has 4 rings (SSSR count). The summed E-state index contributed by atoms with van der Waals surface area (Å²) in [5, 5.41) is 11.1. The van der Waals surface area contributed by atoms with E-state index in [1.807, 2.05) is 16.8 Å². The smallest absolute Gasteiger partial charge is 0.231 e. The topological polar surface area (TPSA) is 77.2 Å². The van der Waals surface area contributed by atoms with E-state index in [4.69, 9.17) is 9.26 Å². The Kier molecular flexibility index (Phi) is 4.37. The standard InChI is InChI=1S/C17H21N3O3S/c1-22-6-5-18-16(21)13-10-2-3-11(8-10)14(13)17-19-15(20-23-17)12-4-7-24-9-12/h4,7,9-11,13-14H,2-3,5-6,8H2,1H3,(H,18,21)/t10-,11+,13-,14-/m0/s1. The van der Waals surface area contributed by atoms with Crippen molar-refractivity contribution >= 4 is 17.2 Å². The highest BCUT2D eigenvalue weighted by atomic mass is 32.1. The highest BCUT2D eigenvalue weighted by Gasteiger charge is 2.53. The van der Waals surface area contributed by atoms with Crippen LogP contribution in [0.25, 0.3) is 11.4 Å². The lowest BCUT2D eigenvalue weighted by Crippen LogP contribution is -2.38. The first kappa shape index (κ1) is 15.8. The van der Waals surface area contributed by atoms with E-state index in [1.165, 1.54) is 0 Å². The number of hydrogen-bond donors (Lipinski definition) is 1. The summed E-state index contributed by atoms with van der Waals surface area (Å²) in [6.45, 7) is 1.07. The third-order valence-corrected chi connectivity index (χ3v) is 6.01. The van der Waals surface area contributed by atoms with Gasteiger partial charge in [0.25, 0.3) is 0 Å². The van der Waals surface area contributed by atoms with Crippen LogP contribution in [0.2, 0.25) is 0 Å². The van der Waals surface area contributed by atoms with Crippen molar-refractivity contribution in [2.24, 2.45) is 17.8 Å². The van der Waals surface area contributed by atoms with Crippen LogP contribution in [0.4, 0.5) is 0 Å². The van der Waals surface area contributed by atoms with Gasteiger partial charge in [-0.05, 0) is 42.5 Å². The largest absolute Gasteiger partial charge is 0.383 e. The molecule has 0 saturated heterocycles. The summed E-state index contributed by atoms with van der Waals surface area (Å²) < 4.78 is 10.6. The van der Waals surface area contributed by atoms with Crippen LogP contribution in [0.1, 0.15) is 31.1 Å². The van der Waals surface area contributed by atoms with Crippen LogP contribution in [0.15, 0.2) is 21.3 Å². The van der Waals surface area contributed by atoms with Crippen LogP contribution in [-0.4, -0.2) is 36.3 Å². The molecule has 0 aromatic carbocycles. The molecule has 2 fully saturated rings. The molecule has 2 bridgehead atoms. The van der Waals surface area contributed by atoms with E-state index >= 15 is 0 Å². The maximum Gasteiger partial charge on any atom is 0.231 e. The molecule has 1 N–H and O–H groups in total. The third-order valence-electron chi connectivity index (χ3n) is 5.33. The van der Waals surface area contributed by atoms with Gasteiger partial charge in [-0.25, -0.2) is 0 Å². The highest BCUT2D eigenvalue weighted by Crippen LogP contribution is 2.56. The molecule has 0 aliphatic heterocycles. The van der Waals surface area contributed by atoms with Gasteiger partial charge in [-0.1, -0.05) is 5.16 Å². The van der Waals surface area contributed by atoms with Crippen LogP contribution in [0, 0.1) is 17.8 Å². The summed E-state index contributed by atoms with van der Waals surface area (Å²) in [7, 11) is 1.64. The molecule has 2 saturated carbocycles. The van der Waals surface area contributed by atoms with Gasteiger partial charge in [0.2, 0.25) is 17.6 Å². The maximum atomic E-state index is 12.7. The zero-order valence-corrected chi connectivity index (χ0v) is 14.4. The van der Waals surface area contributed by atoms with Gasteiger partial charge in [0.15, 0.2) is 0 Å². The van der Waals surface area contributed by atoms with Crippen molar-refractivity contribution in [2.75, 3.05) is 20.3 Å². The summed E-state index contributed by atoms with van der Waals surface area (Å²) in [6, 6.07) is 1.98. The fourth-order valence-electron chi connectivity index (χ4n) is 4.30. The van der Waals surface area contributed by atoms with Gasteiger partial charge in [-0.3, -0.25) is 4.79 Å². The van der Waals surface area contributed by atoms with Crippen LogP contribution >= 0.6 is 11.3 Å². The lowest BCUT2D eigenvalue weighted by Gasteiger charge is -2.27. The number of rotatable bonds is 6. The normalized spacial score (nSPS) is 28.4. The van der Waals surface area contributed by atoms with Crippen LogP contribution < -0.4 is 5.32 Å². The fraction of sp³-hybridized carbons (Fsp3) is 0.588. The number of methoxy groups -OCH3 is 1. The quantitative estimate of drug-likeness (QED) is 0.813. The van der Waals surface area contributed by atoms with E-state index in [-0.39, 0.29) is 17.7 Å². The van der Waals surface area contributed by atoms with Crippen molar-refractivity contribution in [1.82, 2.24) is 15.5 Å². The second-order valence-corrected chi connectivity index (χ2v) is 7.42. The Labute approximate surface area is 144 Å². The molecule has 2 aliphatic carbocycles. The van der Waals surface area contributed by atoms with E-state index < -0.39 is 0 Å². The molecule has 24 heavy (non-hydrogen) atoms. The molecular formula is C17H21N3O3S. The molecule has 2 aromatic heterocycles.